The second-order valence-electron chi connectivity index (χ2n) is 5.98. The van der Waals surface area contributed by atoms with Crippen LogP contribution in [-0.4, -0.2) is 17.7 Å². The van der Waals surface area contributed by atoms with Crippen LogP contribution in [-0.2, 0) is 0 Å². The lowest BCUT2D eigenvalue weighted by Crippen LogP contribution is -2.42. The second kappa shape index (κ2) is 4.93. The zero-order valence-corrected chi connectivity index (χ0v) is 11.2. The van der Waals surface area contributed by atoms with E-state index in [0.717, 1.165) is 24.4 Å². The third-order valence-electron chi connectivity index (χ3n) is 4.60. The summed E-state index contributed by atoms with van der Waals surface area (Å²) in [6.07, 6.45) is 5.97. The number of rotatable bonds is 1. The Hall–Kier alpha value is -1.02. The van der Waals surface area contributed by atoms with Crippen molar-refractivity contribution in [2.75, 3.05) is 11.4 Å². The molecule has 2 heteroatoms. The van der Waals surface area contributed by atoms with Crippen LogP contribution in [0.25, 0.3) is 0 Å². The molecule has 1 aliphatic carbocycles. The lowest BCUT2D eigenvalue weighted by Gasteiger charge is -2.42. The van der Waals surface area contributed by atoms with Crippen LogP contribution in [0.4, 0.5) is 5.69 Å². The lowest BCUT2D eigenvalue weighted by atomic mass is 9.84. The molecule has 1 N–H and O–H groups in total. The van der Waals surface area contributed by atoms with Crippen molar-refractivity contribution in [1.82, 2.24) is 0 Å². The number of fused-ring (bicyclic) bond motifs is 1. The van der Waals surface area contributed by atoms with Crippen molar-refractivity contribution < 1.29 is 5.11 Å². The first kappa shape index (κ1) is 12.0. The molecule has 0 radical (unpaired) electrons. The molecule has 0 saturated heterocycles. The van der Waals surface area contributed by atoms with E-state index in [-0.39, 0.29) is 6.10 Å². The topological polar surface area (TPSA) is 23.5 Å². The van der Waals surface area contributed by atoms with Gasteiger partial charge in [-0.15, -0.1) is 0 Å². The van der Waals surface area contributed by atoms with Gasteiger partial charge in [-0.25, -0.2) is 0 Å². The maximum Gasteiger partial charge on any atom is 0.0826 e. The van der Waals surface area contributed by atoms with Gasteiger partial charge in [0.15, 0.2) is 0 Å². The quantitative estimate of drug-likeness (QED) is 0.818. The zero-order chi connectivity index (χ0) is 12.5. The summed E-state index contributed by atoms with van der Waals surface area (Å²) in [5, 5.41) is 10.1. The summed E-state index contributed by atoms with van der Waals surface area (Å²) in [4.78, 5) is 2.55. The first-order valence-corrected chi connectivity index (χ1v) is 7.29. The van der Waals surface area contributed by atoms with Crippen molar-refractivity contribution in [3.05, 3.63) is 29.8 Å². The molecule has 1 aromatic carbocycles. The molecule has 0 spiro atoms. The SMILES string of the molecule is CC1CCCC(N2CCC(O)c3ccccc32)C1. The molecule has 0 aromatic heterocycles. The number of hydrogen-bond donors (Lipinski definition) is 1. The van der Waals surface area contributed by atoms with Crippen molar-refractivity contribution in [3.8, 4) is 0 Å². The van der Waals surface area contributed by atoms with Gasteiger partial charge < -0.3 is 10.0 Å². The molecule has 1 fully saturated rings. The maximum atomic E-state index is 10.1. The monoisotopic (exact) mass is 245 g/mol. The van der Waals surface area contributed by atoms with E-state index in [1.54, 1.807) is 0 Å². The second-order valence-corrected chi connectivity index (χ2v) is 5.98. The highest BCUT2D eigenvalue weighted by atomic mass is 16.3. The van der Waals surface area contributed by atoms with Gasteiger partial charge >= 0.3 is 0 Å². The van der Waals surface area contributed by atoms with Crippen molar-refractivity contribution in [2.45, 2.75) is 51.2 Å². The minimum Gasteiger partial charge on any atom is -0.388 e. The number of anilines is 1. The predicted molar refractivity (Wildman–Crippen MR) is 74.8 cm³/mol. The Labute approximate surface area is 110 Å². The number of benzene rings is 1. The minimum atomic E-state index is -0.265. The molecule has 2 nitrogen and oxygen atoms in total. The molecule has 1 heterocycles. The van der Waals surface area contributed by atoms with Gasteiger partial charge in [0.25, 0.3) is 0 Å². The molecular weight excluding hydrogens is 222 g/mol. The van der Waals surface area contributed by atoms with Crippen LogP contribution in [0.2, 0.25) is 0 Å². The molecule has 3 atom stereocenters. The number of aliphatic hydroxyl groups is 1. The van der Waals surface area contributed by atoms with Gasteiger partial charge in [0.2, 0.25) is 0 Å². The molecule has 3 unspecified atom stereocenters. The predicted octanol–water partition coefficient (Wildman–Crippen LogP) is 3.51. The number of para-hydroxylation sites is 1. The van der Waals surface area contributed by atoms with Crippen LogP contribution >= 0.6 is 0 Å². The first-order chi connectivity index (χ1) is 8.75. The Balaban J connectivity index is 1.87. The standard InChI is InChI=1S/C16H23NO/c1-12-5-4-6-13(11-12)17-10-9-16(18)14-7-2-3-8-15(14)17/h2-3,7-8,12-13,16,18H,4-6,9-11H2,1H3. The third-order valence-corrected chi connectivity index (χ3v) is 4.60. The molecule has 1 aliphatic heterocycles. The van der Waals surface area contributed by atoms with Crippen LogP contribution < -0.4 is 4.90 Å². The van der Waals surface area contributed by atoms with Crippen molar-refractivity contribution in [2.24, 2.45) is 5.92 Å². The lowest BCUT2D eigenvalue weighted by molar-refractivity contribution is 0.160. The fourth-order valence-corrected chi connectivity index (χ4v) is 3.63. The summed E-state index contributed by atoms with van der Waals surface area (Å²) in [6.45, 7) is 3.38. The molecule has 1 aromatic rings. The van der Waals surface area contributed by atoms with E-state index in [1.165, 1.54) is 31.4 Å². The Bertz CT molecular complexity index is 417. The number of nitrogens with zero attached hydrogens (tertiary/aromatic N) is 1. The number of hydrogen-bond acceptors (Lipinski definition) is 2. The Kier molecular flexibility index (Phi) is 3.29. The van der Waals surface area contributed by atoms with Gasteiger partial charge in [0.05, 0.1) is 6.10 Å². The molecule has 1 saturated carbocycles. The van der Waals surface area contributed by atoms with Gasteiger partial charge in [-0.2, -0.15) is 0 Å². The first-order valence-electron chi connectivity index (χ1n) is 7.29. The van der Waals surface area contributed by atoms with Crippen molar-refractivity contribution >= 4 is 5.69 Å². The summed E-state index contributed by atoms with van der Waals surface area (Å²) >= 11 is 0. The summed E-state index contributed by atoms with van der Waals surface area (Å²) in [7, 11) is 0. The van der Waals surface area contributed by atoms with E-state index in [4.69, 9.17) is 0 Å². The van der Waals surface area contributed by atoms with Crippen LogP contribution in [0.3, 0.4) is 0 Å². The van der Waals surface area contributed by atoms with E-state index in [1.807, 2.05) is 6.07 Å². The van der Waals surface area contributed by atoms with Crippen LogP contribution in [0.1, 0.15) is 50.7 Å². The summed E-state index contributed by atoms with van der Waals surface area (Å²) < 4.78 is 0. The van der Waals surface area contributed by atoms with E-state index in [0.29, 0.717) is 6.04 Å². The molecule has 0 bridgehead atoms. The average Bonchev–Trinajstić information content (AvgIpc) is 2.39. The highest BCUT2D eigenvalue weighted by Gasteiger charge is 2.30. The van der Waals surface area contributed by atoms with Crippen molar-refractivity contribution in [3.63, 3.8) is 0 Å². The fraction of sp³-hybridized carbons (Fsp3) is 0.625. The maximum absolute atomic E-state index is 10.1. The summed E-state index contributed by atoms with van der Waals surface area (Å²) in [5.41, 5.74) is 2.40. The fourth-order valence-electron chi connectivity index (χ4n) is 3.63. The van der Waals surface area contributed by atoms with Gasteiger partial charge in [0.1, 0.15) is 0 Å². The molecule has 0 amide bonds. The van der Waals surface area contributed by atoms with Gasteiger partial charge in [-0.3, -0.25) is 0 Å². The van der Waals surface area contributed by atoms with E-state index >= 15 is 0 Å². The number of aliphatic hydroxyl groups excluding tert-OH is 1. The minimum absolute atomic E-state index is 0.265. The molecule has 98 valence electrons. The summed E-state index contributed by atoms with van der Waals surface area (Å²) in [5.74, 6) is 0.850. The van der Waals surface area contributed by atoms with E-state index in [9.17, 15) is 5.11 Å². The normalized spacial score (nSPS) is 32.1. The van der Waals surface area contributed by atoms with Gasteiger partial charge in [-0.1, -0.05) is 38.0 Å². The van der Waals surface area contributed by atoms with Crippen LogP contribution in [0, 0.1) is 5.92 Å². The molecule has 18 heavy (non-hydrogen) atoms. The zero-order valence-electron chi connectivity index (χ0n) is 11.2. The van der Waals surface area contributed by atoms with Crippen LogP contribution in [0.5, 0.6) is 0 Å². The highest BCUT2D eigenvalue weighted by molar-refractivity contribution is 5.57. The Morgan fingerprint density at radius 1 is 1.17 bits per heavy atom. The van der Waals surface area contributed by atoms with Crippen molar-refractivity contribution in [1.29, 1.82) is 0 Å². The van der Waals surface area contributed by atoms with Gasteiger partial charge in [-0.05, 0) is 31.2 Å². The Morgan fingerprint density at radius 2 is 2.00 bits per heavy atom. The summed E-state index contributed by atoms with van der Waals surface area (Å²) in [6, 6.07) is 9.07. The van der Waals surface area contributed by atoms with Gasteiger partial charge in [0, 0.05) is 23.8 Å². The van der Waals surface area contributed by atoms with Crippen LogP contribution in [0.15, 0.2) is 24.3 Å². The molecule has 3 rings (SSSR count). The third kappa shape index (κ3) is 2.14. The largest absolute Gasteiger partial charge is 0.388 e. The average molecular weight is 245 g/mol. The Morgan fingerprint density at radius 3 is 2.83 bits per heavy atom. The van der Waals surface area contributed by atoms with E-state index in [2.05, 4.69) is 30.0 Å². The molecule has 2 aliphatic rings. The van der Waals surface area contributed by atoms with E-state index < -0.39 is 0 Å². The highest BCUT2D eigenvalue weighted by Crippen LogP contribution is 2.38. The molecular formula is C16H23NO. The smallest absolute Gasteiger partial charge is 0.0826 e.